The lowest BCUT2D eigenvalue weighted by Gasteiger charge is -2.37. The summed E-state index contributed by atoms with van der Waals surface area (Å²) >= 11 is 6.19. The van der Waals surface area contributed by atoms with Crippen molar-refractivity contribution in [2.45, 2.75) is 26.4 Å². The van der Waals surface area contributed by atoms with Crippen molar-refractivity contribution in [3.63, 3.8) is 0 Å². The summed E-state index contributed by atoms with van der Waals surface area (Å²) in [6.07, 6.45) is 1.27. The van der Waals surface area contributed by atoms with Crippen molar-refractivity contribution >= 4 is 63.9 Å². The molecule has 0 radical (unpaired) electrons. The van der Waals surface area contributed by atoms with Crippen LogP contribution in [0.15, 0.2) is 23.1 Å². The Morgan fingerprint density at radius 1 is 1.17 bits per heavy atom. The summed E-state index contributed by atoms with van der Waals surface area (Å²) in [4.78, 5) is 55.0. The number of hydrogen-bond donors (Lipinski definition) is 1. The number of ether oxygens (including phenoxy) is 2. The summed E-state index contributed by atoms with van der Waals surface area (Å²) in [7, 11) is 0. The first-order chi connectivity index (χ1) is 16.5. The topological polar surface area (TPSA) is 108 Å². The van der Waals surface area contributed by atoms with Crippen molar-refractivity contribution in [2.75, 3.05) is 44.2 Å². The monoisotopic (exact) mass is 518 g/mol. The maximum Gasteiger partial charge on any atom is 0.410 e. The number of rotatable bonds is 3. The van der Waals surface area contributed by atoms with Crippen LogP contribution in [0.1, 0.15) is 26.3 Å². The van der Waals surface area contributed by atoms with E-state index in [-0.39, 0.29) is 30.9 Å². The number of thioether (sulfide) groups is 1. The maximum atomic E-state index is 13.0. The van der Waals surface area contributed by atoms with E-state index in [1.807, 2.05) is 0 Å². The molecule has 0 unspecified atom stereocenters. The molecule has 3 aliphatic heterocycles. The number of anilines is 1. The van der Waals surface area contributed by atoms with Gasteiger partial charge in [-0.2, -0.15) is 0 Å². The molecule has 1 aromatic rings. The summed E-state index contributed by atoms with van der Waals surface area (Å²) in [5.41, 5.74) is 0.546. The first-order valence-corrected chi connectivity index (χ1v) is 12.3. The van der Waals surface area contributed by atoms with Gasteiger partial charge in [0.1, 0.15) is 22.2 Å². The minimum Gasteiger partial charge on any atom is -0.482 e. The van der Waals surface area contributed by atoms with Crippen LogP contribution in [-0.2, 0) is 19.1 Å². The van der Waals surface area contributed by atoms with E-state index >= 15 is 0 Å². The van der Waals surface area contributed by atoms with Gasteiger partial charge in [-0.1, -0.05) is 30.0 Å². The summed E-state index contributed by atoms with van der Waals surface area (Å²) in [5, 5.41) is 2.56. The third-order valence-electron chi connectivity index (χ3n) is 5.44. The van der Waals surface area contributed by atoms with Gasteiger partial charge >= 0.3 is 6.09 Å². The minimum absolute atomic E-state index is 0.152. The summed E-state index contributed by atoms with van der Waals surface area (Å²) in [6.45, 7) is 6.51. The van der Waals surface area contributed by atoms with Gasteiger partial charge in [-0.05, 0) is 44.5 Å². The quantitative estimate of drug-likeness (QED) is 0.478. The highest BCUT2D eigenvalue weighted by Crippen LogP contribution is 2.35. The van der Waals surface area contributed by atoms with Crippen molar-refractivity contribution in [1.82, 2.24) is 15.1 Å². The fraction of sp³-hybridized carbons (Fsp3) is 0.435. The minimum atomic E-state index is -0.588. The number of piperazine rings is 1. The average Bonchev–Trinajstić information content (AvgIpc) is 3.11. The van der Waals surface area contributed by atoms with Gasteiger partial charge in [0.25, 0.3) is 11.8 Å². The molecule has 0 bridgehead atoms. The summed E-state index contributed by atoms with van der Waals surface area (Å²) < 4.78 is 11.3. The second-order valence-corrected chi connectivity index (χ2v) is 10.9. The number of nitrogens with zero attached hydrogens (tertiary/aromatic N) is 3. The Hall–Kier alpha value is -3.12. The predicted molar refractivity (Wildman–Crippen MR) is 135 cm³/mol. The molecule has 0 aliphatic carbocycles. The number of nitrogens with one attached hydrogen (secondary N) is 1. The van der Waals surface area contributed by atoms with E-state index < -0.39 is 11.7 Å². The van der Waals surface area contributed by atoms with E-state index in [4.69, 9.17) is 21.7 Å². The van der Waals surface area contributed by atoms with Crippen molar-refractivity contribution < 1.29 is 28.7 Å². The van der Waals surface area contributed by atoms with Crippen LogP contribution < -0.4 is 15.0 Å². The number of amides is 4. The van der Waals surface area contributed by atoms with Crippen LogP contribution >= 0.6 is 24.0 Å². The Kier molecular flexibility index (Phi) is 7.04. The molecule has 0 saturated carbocycles. The highest BCUT2D eigenvalue weighted by Gasteiger charge is 2.32. The SMILES string of the molecule is CC(C)(C)OC(=O)N1CCN(C(=O)CN2C(=O)COc3ccc(/C=C4/SC(=S)NC4=O)cc32)CC1. The first-order valence-electron chi connectivity index (χ1n) is 11.1. The van der Waals surface area contributed by atoms with E-state index in [0.717, 1.165) is 11.8 Å². The smallest absolute Gasteiger partial charge is 0.410 e. The molecule has 0 spiro atoms. The third kappa shape index (κ3) is 5.93. The van der Waals surface area contributed by atoms with Crippen LogP contribution in [0.2, 0.25) is 0 Å². The molecule has 2 fully saturated rings. The molecule has 35 heavy (non-hydrogen) atoms. The third-order valence-corrected chi connectivity index (χ3v) is 6.61. The highest BCUT2D eigenvalue weighted by molar-refractivity contribution is 8.26. The van der Waals surface area contributed by atoms with Gasteiger partial charge in [0.2, 0.25) is 5.91 Å². The normalized spacial score (nSPS) is 19.5. The second-order valence-electron chi connectivity index (χ2n) is 9.20. The van der Waals surface area contributed by atoms with Crippen LogP contribution in [0.4, 0.5) is 10.5 Å². The van der Waals surface area contributed by atoms with Gasteiger partial charge in [-0.3, -0.25) is 19.3 Å². The van der Waals surface area contributed by atoms with Gasteiger partial charge < -0.3 is 24.6 Å². The largest absolute Gasteiger partial charge is 0.482 e. The standard InChI is InChI=1S/C23H26N4O6S2/c1-23(2,3)33-22(31)26-8-6-25(7-9-26)18(28)12-27-15-10-14(4-5-16(15)32-13-19(27)29)11-17-20(30)24-21(34)35-17/h4-5,10-11H,6-9,12-13H2,1-3H3,(H,24,30,34)/b17-11+. The fourth-order valence-corrected chi connectivity index (χ4v) is 4.80. The van der Waals surface area contributed by atoms with Crippen molar-refractivity contribution in [3.05, 3.63) is 28.7 Å². The van der Waals surface area contributed by atoms with E-state index in [1.54, 1.807) is 54.8 Å². The molecule has 0 aromatic heterocycles. The molecule has 12 heteroatoms. The van der Waals surface area contributed by atoms with Gasteiger partial charge in [0, 0.05) is 26.2 Å². The molecule has 3 aliphatic rings. The van der Waals surface area contributed by atoms with Crippen LogP contribution in [0.3, 0.4) is 0 Å². The zero-order valence-electron chi connectivity index (χ0n) is 19.7. The van der Waals surface area contributed by atoms with Gasteiger partial charge in [-0.15, -0.1) is 0 Å². The average molecular weight is 519 g/mol. The van der Waals surface area contributed by atoms with Crippen LogP contribution in [-0.4, -0.2) is 82.9 Å². The van der Waals surface area contributed by atoms with Gasteiger partial charge in [-0.25, -0.2) is 4.79 Å². The highest BCUT2D eigenvalue weighted by atomic mass is 32.2. The Balaban J connectivity index is 1.44. The zero-order valence-corrected chi connectivity index (χ0v) is 21.3. The molecular weight excluding hydrogens is 492 g/mol. The molecule has 1 aromatic carbocycles. The van der Waals surface area contributed by atoms with Gasteiger partial charge in [0.15, 0.2) is 6.61 Å². The van der Waals surface area contributed by atoms with E-state index in [2.05, 4.69) is 5.32 Å². The van der Waals surface area contributed by atoms with Crippen LogP contribution in [0, 0.1) is 0 Å². The van der Waals surface area contributed by atoms with Crippen molar-refractivity contribution in [1.29, 1.82) is 0 Å². The van der Waals surface area contributed by atoms with Crippen molar-refractivity contribution in [2.24, 2.45) is 0 Å². The fourth-order valence-electron chi connectivity index (χ4n) is 3.75. The molecule has 0 atom stereocenters. The lowest BCUT2D eigenvalue weighted by Crippen LogP contribution is -2.54. The van der Waals surface area contributed by atoms with E-state index in [0.29, 0.717) is 52.4 Å². The molecule has 186 valence electrons. The van der Waals surface area contributed by atoms with E-state index in [1.165, 1.54) is 4.90 Å². The Morgan fingerprint density at radius 3 is 2.49 bits per heavy atom. The Morgan fingerprint density at radius 2 is 1.86 bits per heavy atom. The zero-order chi connectivity index (χ0) is 25.3. The van der Waals surface area contributed by atoms with Crippen LogP contribution in [0.5, 0.6) is 5.75 Å². The molecule has 4 amide bonds. The summed E-state index contributed by atoms with van der Waals surface area (Å²) in [6, 6.07) is 5.19. The Labute approximate surface area is 212 Å². The molecule has 1 N–H and O–H groups in total. The Bertz CT molecular complexity index is 1120. The van der Waals surface area contributed by atoms with Crippen molar-refractivity contribution in [3.8, 4) is 5.75 Å². The van der Waals surface area contributed by atoms with Gasteiger partial charge in [0.05, 0.1) is 10.6 Å². The predicted octanol–water partition coefficient (Wildman–Crippen LogP) is 1.98. The molecule has 3 heterocycles. The van der Waals surface area contributed by atoms with Crippen LogP contribution in [0.25, 0.3) is 6.08 Å². The molecule has 10 nitrogen and oxygen atoms in total. The lowest BCUT2D eigenvalue weighted by molar-refractivity contribution is -0.133. The number of thiocarbonyl (C=S) groups is 1. The summed E-state index contributed by atoms with van der Waals surface area (Å²) in [5.74, 6) is -0.358. The number of benzene rings is 1. The number of fused-ring (bicyclic) bond motifs is 1. The number of hydrogen-bond acceptors (Lipinski definition) is 8. The van der Waals surface area contributed by atoms with E-state index in [9.17, 15) is 19.2 Å². The second kappa shape index (κ2) is 9.86. The number of carbonyl (C=O) groups excluding carboxylic acids is 4. The molecular formula is C23H26N4O6S2. The molecule has 2 saturated heterocycles. The number of carbonyl (C=O) groups is 4. The maximum absolute atomic E-state index is 13.0. The lowest BCUT2D eigenvalue weighted by atomic mass is 10.1. The molecule has 4 rings (SSSR count). The first kappa shape index (κ1) is 25.0.